The summed E-state index contributed by atoms with van der Waals surface area (Å²) in [6, 6.07) is 10.9. The summed E-state index contributed by atoms with van der Waals surface area (Å²) < 4.78 is 27.1. The number of thioether (sulfide) groups is 1. The molecule has 0 unspecified atom stereocenters. The zero-order valence-electron chi connectivity index (χ0n) is 10.4. The van der Waals surface area contributed by atoms with E-state index in [0.717, 1.165) is 21.5 Å². The minimum Gasteiger partial charge on any atom is -0.298 e. The van der Waals surface area contributed by atoms with Crippen LogP contribution in [0.2, 0.25) is 0 Å². The van der Waals surface area contributed by atoms with Crippen molar-refractivity contribution < 1.29 is 13.6 Å². The fourth-order valence-electron chi connectivity index (χ4n) is 1.62. The third-order valence-corrected chi connectivity index (χ3v) is 4.22. The number of hydrogen-bond donors (Lipinski definition) is 0. The molecule has 0 aliphatic heterocycles. The fourth-order valence-corrected chi connectivity index (χ4v) is 2.65. The highest BCUT2D eigenvalue weighted by atomic mass is 79.9. The van der Waals surface area contributed by atoms with Crippen molar-refractivity contribution in [3.63, 3.8) is 0 Å². The Hall–Kier alpha value is -1.20. The van der Waals surface area contributed by atoms with Crippen LogP contribution in [0.3, 0.4) is 0 Å². The van der Waals surface area contributed by atoms with E-state index in [2.05, 4.69) is 15.9 Å². The molecule has 0 fully saturated rings. The topological polar surface area (TPSA) is 17.1 Å². The Labute approximate surface area is 128 Å². The molecule has 0 spiro atoms. The first-order valence-corrected chi connectivity index (χ1v) is 7.66. The van der Waals surface area contributed by atoms with E-state index in [9.17, 15) is 13.6 Å². The molecule has 2 aromatic rings. The summed E-state index contributed by atoms with van der Waals surface area (Å²) in [5.74, 6) is -1.14. The molecule has 5 heteroatoms. The van der Waals surface area contributed by atoms with Gasteiger partial charge in [-0.15, -0.1) is 11.8 Å². The third kappa shape index (κ3) is 4.42. The minimum atomic E-state index is -0.674. The van der Waals surface area contributed by atoms with Gasteiger partial charge >= 0.3 is 0 Å². The Morgan fingerprint density at radius 3 is 2.45 bits per heavy atom. The van der Waals surface area contributed by atoms with Crippen molar-refractivity contribution >= 4 is 33.5 Å². The molecule has 2 aromatic carbocycles. The van der Waals surface area contributed by atoms with Crippen LogP contribution >= 0.6 is 27.7 Å². The second-order valence-electron chi connectivity index (χ2n) is 4.19. The maximum absolute atomic E-state index is 13.4. The van der Waals surface area contributed by atoms with Crippen LogP contribution in [0.1, 0.15) is 5.56 Å². The highest BCUT2D eigenvalue weighted by molar-refractivity contribution is 9.10. The van der Waals surface area contributed by atoms with Gasteiger partial charge in [0.05, 0.1) is 5.75 Å². The van der Waals surface area contributed by atoms with Crippen molar-refractivity contribution in [3.8, 4) is 0 Å². The van der Waals surface area contributed by atoms with Crippen LogP contribution in [-0.2, 0) is 11.2 Å². The number of halogens is 3. The van der Waals surface area contributed by atoms with E-state index in [-0.39, 0.29) is 23.5 Å². The van der Waals surface area contributed by atoms with Crippen molar-refractivity contribution in [1.29, 1.82) is 0 Å². The monoisotopic (exact) mass is 356 g/mol. The number of carbonyl (C=O) groups is 1. The molecule has 2 rings (SSSR count). The smallest absolute Gasteiger partial charge is 0.147 e. The van der Waals surface area contributed by atoms with Gasteiger partial charge < -0.3 is 0 Å². The molecule has 0 radical (unpaired) electrons. The second-order valence-corrected chi connectivity index (χ2v) is 6.16. The van der Waals surface area contributed by atoms with Gasteiger partial charge in [-0.2, -0.15) is 0 Å². The van der Waals surface area contributed by atoms with Gasteiger partial charge in [-0.05, 0) is 35.9 Å². The van der Waals surface area contributed by atoms with Gasteiger partial charge in [-0.1, -0.05) is 22.0 Å². The van der Waals surface area contributed by atoms with Crippen molar-refractivity contribution in [2.24, 2.45) is 0 Å². The summed E-state index contributed by atoms with van der Waals surface area (Å²) in [4.78, 5) is 12.8. The molecule has 0 amide bonds. The van der Waals surface area contributed by atoms with Gasteiger partial charge in [0.2, 0.25) is 0 Å². The summed E-state index contributed by atoms with van der Waals surface area (Å²) in [5, 5.41) is 0. The predicted octanol–water partition coefficient (Wildman–Crippen LogP) is 4.63. The molecule has 0 heterocycles. The molecular weight excluding hydrogens is 346 g/mol. The van der Waals surface area contributed by atoms with E-state index >= 15 is 0 Å². The number of rotatable bonds is 5. The Bertz CT molecular complexity index is 614. The highest BCUT2D eigenvalue weighted by Crippen LogP contribution is 2.21. The minimum absolute atomic E-state index is 0.0182. The molecule has 0 aromatic heterocycles. The van der Waals surface area contributed by atoms with Gasteiger partial charge in [-0.3, -0.25) is 4.79 Å². The number of Topliss-reactive ketones (excluding diaryl/α,β-unsaturated/α-hetero) is 1. The lowest BCUT2D eigenvalue weighted by Gasteiger charge is -2.04. The third-order valence-electron chi connectivity index (χ3n) is 2.62. The molecule has 0 saturated carbocycles. The molecule has 20 heavy (non-hydrogen) atoms. The lowest BCUT2D eigenvalue weighted by Crippen LogP contribution is -2.07. The Morgan fingerprint density at radius 2 is 1.80 bits per heavy atom. The average Bonchev–Trinajstić information content (AvgIpc) is 2.41. The quantitative estimate of drug-likeness (QED) is 0.726. The number of benzene rings is 2. The lowest BCUT2D eigenvalue weighted by atomic mass is 10.1. The number of carbonyl (C=O) groups excluding carboxylic acids is 1. The van der Waals surface area contributed by atoms with Crippen LogP contribution < -0.4 is 0 Å². The van der Waals surface area contributed by atoms with E-state index in [1.807, 2.05) is 24.3 Å². The lowest BCUT2D eigenvalue weighted by molar-refractivity contribution is -0.116. The first kappa shape index (κ1) is 15.2. The van der Waals surface area contributed by atoms with Crippen molar-refractivity contribution in [2.75, 3.05) is 5.75 Å². The predicted molar refractivity (Wildman–Crippen MR) is 79.9 cm³/mol. The van der Waals surface area contributed by atoms with Crippen molar-refractivity contribution in [1.82, 2.24) is 0 Å². The summed E-state index contributed by atoms with van der Waals surface area (Å²) >= 11 is 4.73. The van der Waals surface area contributed by atoms with Crippen molar-refractivity contribution in [3.05, 3.63) is 64.1 Å². The Morgan fingerprint density at radius 1 is 1.10 bits per heavy atom. The summed E-state index contributed by atoms with van der Waals surface area (Å²) in [7, 11) is 0. The van der Waals surface area contributed by atoms with Crippen LogP contribution in [0, 0.1) is 11.6 Å². The largest absolute Gasteiger partial charge is 0.298 e. The fraction of sp³-hybridized carbons (Fsp3) is 0.133. The van der Waals surface area contributed by atoms with Gasteiger partial charge in [0.15, 0.2) is 0 Å². The van der Waals surface area contributed by atoms with Gasteiger partial charge in [0, 0.05) is 21.9 Å². The molecule has 0 bridgehead atoms. The van der Waals surface area contributed by atoms with Crippen LogP contribution in [0.5, 0.6) is 0 Å². The van der Waals surface area contributed by atoms with Gasteiger partial charge in [0.25, 0.3) is 0 Å². The van der Waals surface area contributed by atoms with Crippen LogP contribution in [0.25, 0.3) is 0 Å². The number of ketones is 1. The maximum Gasteiger partial charge on any atom is 0.147 e. The number of hydrogen-bond acceptors (Lipinski definition) is 2. The molecular formula is C15H11BrF2OS. The van der Waals surface area contributed by atoms with E-state index in [0.29, 0.717) is 0 Å². The molecule has 0 saturated heterocycles. The van der Waals surface area contributed by atoms with Crippen LogP contribution in [0.15, 0.2) is 51.8 Å². The van der Waals surface area contributed by atoms with E-state index in [4.69, 9.17) is 0 Å². The second kappa shape index (κ2) is 6.99. The average molecular weight is 357 g/mol. The molecule has 104 valence electrons. The summed E-state index contributed by atoms with van der Waals surface area (Å²) in [6.45, 7) is 0. The SMILES string of the molecule is O=C(CSc1ccc(Br)cc1)Cc1ccc(F)cc1F. The normalized spacial score (nSPS) is 10.6. The molecule has 0 aliphatic rings. The van der Waals surface area contributed by atoms with E-state index in [1.54, 1.807) is 0 Å². The molecule has 0 atom stereocenters. The van der Waals surface area contributed by atoms with E-state index < -0.39 is 11.6 Å². The zero-order chi connectivity index (χ0) is 14.5. The van der Waals surface area contributed by atoms with Gasteiger partial charge in [0.1, 0.15) is 17.4 Å². The molecule has 0 aliphatic carbocycles. The molecule has 1 nitrogen and oxygen atoms in total. The first-order valence-electron chi connectivity index (χ1n) is 5.88. The van der Waals surface area contributed by atoms with Crippen LogP contribution in [-0.4, -0.2) is 11.5 Å². The summed E-state index contributed by atoms with van der Waals surface area (Å²) in [5.41, 5.74) is 0.229. The van der Waals surface area contributed by atoms with Crippen molar-refractivity contribution in [2.45, 2.75) is 11.3 Å². The van der Waals surface area contributed by atoms with Gasteiger partial charge in [-0.25, -0.2) is 8.78 Å². The Kier molecular flexibility index (Phi) is 5.31. The molecule has 0 N–H and O–H groups in total. The Balaban J connectivity index is 1.90. The highest BCUT2D eigenvalue weighted by Gasteiger charge is 2.09. The zero-order valence-corrected chi connectivity index (χ0v) is 12.8. The standard InChI is InChI=1S/C15H11BrF2OS/c16-11-2-5-14(6-3-11)20-9-13(19)7-10-1-4-12(17)8-15(10)18/h1-6,8H,7,9H2. The first-order chi connectivity index (χ1) is 9.54. The maximum atomic E-state index is 13.4. The van der Waals surface area contributed by atoms with Crippen LogP contribution in [0.4, 0.5) is 8.78 Å². The van der Waals surface area contributed by atoms with E-state index in [1.165, 1.54) is 17.8 Å². The summed E-state index contributed by atoms with van der Waals surface area (Å²) in [6.07, 6.45) is -0.0182.